The summed E-state index contributed by atoms with van der Waals surface area (Å²) in [6.07, 6.45) is 2.62. The molecule has 19 heavy (non-hydrogen) atoms. The quantitative estimate of drug-likeness (QED) is 0.811. The SMILES string of the molecule is Oc1ccc(NCc2ccc(C3CC3)cc2)cc1F. The lowest BCUT2D eigenvalue weighted by Gasteiger charge is -2.08. The van der Waals surface area contributed by atoms with E-state index in [9.17, 15) is 4.39 Å². The molecule has 3 heteroatoms. The van der Waals surface area contributed by atoms with Gasteiger partial charge in [0.15, 0.2) is 11.6 Å². The van der Waals surface area contributed by atoms with Gasteiger partial charge in [0.25, 0.3) is 0 Å². The fourth-order valence-electron chi connectivity index (χ4n) is 2.15. The van der Waals surface area contributed by atoms with Crippen LogP contribution in [0.1, 0.15) is 29.9 Å². The Bertz CT molecular complexity index is 576. The lowest BCUT2D eigenvalue weighted by Crippen LogP contribution is -1.99. The number of rotatable bonds is 4. The summed E-state index contributed by atoms with van der Waals surface area (Å²) in [5.74, 6) is -0.151. The molecular formula is C16H16FNO. The van der Waals surface area contributed by atoms with Crippen LogP contribution < -0.4 is 5.32 Å². The highest BCUT2D eigenvalue weighted by Gasteiger charge is 2.22. The predicted octanol–water partition coefficient (Wildman–Crippen LogP) is 4.02. The van der Waals surface area contributed by atoms with Crippen LogP contribution in [0.5, 0.6) is 5.75 Å². The van der Waals surface area contributed by atoms with Crippen molar-refractivity contribution in [2.24, 2.45) is 0 Å². The summed E-state index contributed by atoms with van der Waals surface area (Å²) in [4.78, 5) is 0. The van der Waals surface area contributed by atoms with Gasteiger partial charge in [0.2, 0.25) is 0 Å². The molecule has 0 saturated heterocycles. The van der Waals surface area contributed by atoms with Crippen molar-refractivity contribution in [3.05, 3.63) is 59.4 Å². The van der Waals surface area contributed by atoms with E-state index in [1.165, 1.54) is 30.5 Å². The highest BCUT2D eigenvalue weighted by Crippen LogP contribution is 2.39. The van der Waals surface area contributed by atoms with Gasteiger partial charge in [-0.2, -0.15) is 0 Å². The summed E-state index contributed by atoms with van der Waals surface area (Å²) in [7, 11) is 0. The third-order valence-corrected chi connectivity index (χ3v) is 3.47. The van der Waals surface area contributed by atoms with Gasteiger partial charge in [0.05, 0.1) is 0 Å². The van der Waals surface area contributed by atoms with Crippen LogP contribution in [0.25, 0.3) is 0 Å². The van der Waals surface area contributed by atoms with Crippen LogP contribution in [0.4, 0.5) is 10.1 Å². The molecule has 2 nitrogen and oxygen atoms in total. The van der Waals surface area contributed by atoms with Crippen molar-refractivity contribution in [2.75, 3.05) is 5.32 Å². The molecule has 0 unspecified atom stereocenters. The van der Waals surface area contributed by atoms with E-state index in [1.807, 2.05) is 0 Å². The monoisotopic (exact) mass is 257 g/mol. The van der Waals surface area contributed by atoms with Gasteiger partial charge in [0.1, 0.15) is 0 Å². The van der Waals surface area contributed by atoms with Crippen LogP contribution >= 0.6 is 0 Å². The van der Waals surface area contributed by atoms with E-state index in [-0.39, 0.29) is 5.75 Å². The summed E-state index contributed by atoms with van der Waals surface area (Å²) in [6.45, 7) is 0.648. The number of halogens is 1. The van der Waals surface area contributed by atoms with Crippen LogP contribution in [0, 0.1) is 5.82 Å². The van der Waals surface area contributed by atoms with Crippen molar-refractivity contribution in [3.63, 3.8) is 0 Å². The smallest absolute Gasteiger partial charge is 0.166 e. The van der Waals surface area contributed by atoms with Gasteiger partial charge < -0.3 is 10.4 Å². The fraction of sp³-hybridized carbons (Fsp3) is 0.250. The van der Waals surface area contributed by atoms with Gasteiger partial charge in [-0.3, -0.25) is 0 Å². The molecule has 0 heterocycles. The molecule has 3 rings (SSSR count). The molecule has 1 aliphatic carbocycles. The molecule has 1 fully saturated rings. The largest absolute Gasteiger partial charge is 0.505 e. The lowest BCUT2D eigenvalue weighted by molar-refractivity contribution is 0.432. The van der Waals surface area contributed by atoms with Crippen LogP contribution in [-0.4, -0.2) is 5.11 Å². The number of hydrogen-bond acceptors (Lipinski definition) is 2. The van der Waals surface area contributed by atoms with Gasteiger partial charge in [0, 0.05) is 18.3 Å². The summed E-state index contributed by atoms with van der Waals surface area (Å²) < 4.78 is 13.2. The number of nitrogens with one attached hydrogen (secondary N) is 1. The maximum Gasteiger partial charge on any atom is 0.166 e. The fourth-order valence-corrected chi connectivity index (χ4v) is 2.15. The van der Waals surface area contributed by atoms with E-state index in [0.717, 1.165) is 11.5 Å². The Balaban J connectivity index is 1.63. The number of phenolic OH excluding ortho intramolecular Hbond substituents is 1. The molecule has 0 aliphatic heterocycles. The maximum atomic E-state index is 13.2. The first-order valence-corrected chi connectivity index (χ1v) is 6.53. The normalized spacial score (nSPS) is 14.4. The number of phenols is 1. The van der Waals surface area contributed by atoms with Gasteiger partial charge in [-0.05, 0) is 42.0 Å². The van der Waals surface area contributed by atoms with E-state index in [0.29, 0.717) is 12.2 Å². The molecular weight excluding hydrogens is 241 g/mol. The topological polar surface area (TPSA) is 32.3 Å². The zero-order chi connectivity index (χ0) is 13.2. The standard InChI is InChI=1S/C16H16FNO/c17-15-9-14(7-8-16(15)19)18-10-11-1-3-12(4-2-11)13-5-6-13/h1-4,7-9,13,18-19H,5-6,10H2. The van der Waals surface area contributed by atoms with Crippen molar-refractivity contribution in [2.45, 2.75) is 25.3 Å². The van der Waals surface area contributed by atoms with E-state index in [4.69, 9.17) is 5.11 Å². The second kappa shape index (κ2) is 4.92. The zero-order valence-electron chi connectivity index (χ0n) is 10.6. The van der Waals surface area contributed by atoms with Crippen LogP contribution in [0.2, 0.25) is 0 Å². The Hall–Kier alpha value is -2.03. The molecule has 0 spiro atoms. The highest BCUT2D eigenvalue weighted by molar-refractivity contribution is 5.47. The van der Waals surface area contributed by atoms with E-state index in [2.05, 4.69) is 29.6 Å². The van der Waals surface area contributed by atoms with Crippen molar-refractivity contribution < 1.29 is 9.50 Å². The molecule has 2 aromatic carbocycles. The maximum absolute atomic E-state index is 13.2. The Morgan fingerprint density at radius 1 is 1.11 bits per heavy atom. The van der Waals surface area contributed by atoms with E-state index < -0.39 is 5.82 Å². The minimum Gasteiger partial charge on any atom is -0.505 e. The molecule has 0 radical (unpaired) electrons. The van der Waals surface area contributed by atoms with Gasteiger partial charge in [-0.25, -0.2) is 4.39 Å². The Morgan fingerprint density at radius 2 is 1.84 bits per heavy atom. The minimum absolute atomic E-state index is 0.320. The van der Waals surface area contributed by atoms with Crippen molar-refractivity contribution in [1.29, 1.82) is 0 Å². The summed E-state index contributed by atoms with van der Waals surface area (Å²) >= 11 is 0. The third-order valence-electron chi connectivity index (χ3n) is 3.47. The second-order valence-corrected chi connectivity index (χ2v) is 5.04. The van der Waals surface area contributed by atoms with E-state index in [1.54, 1.807) is 6.07 Å². The molecule has 98 valence electrons. The van der Waals surface area contributed by atoms with Crippen molar-refractivity contribution >= 4 is 5.69 Å². The molecule has 0 aromatic heterocycles. The highest BCUT2D eigenvalue weighted by atomic mass is 19.1. The van der Waals surface area contributed by atoms with Gasteiger partial charge in [-0.15, -0.1) is 0 Å². The number of anilines is 1. The van der Waals surface area contributed by atoms with E-state index >= 15 is 0 Å². The molecule has 1 saturated carbocycles. The molecule has 2 aromatic rings. The van der Waals surface area contributed by atoms with Crippen LogP contribution in [-0.2, 0) is 6.54 Å². The third kappa shape index (κ3) is 2.87. The molecule has 1 aliphatic rings. The zero-order valence-corrected chi connectivity index (χ0v) is 10.6. The summed E-state index contributed by atoms with van der Waals surface area (Å²) in [6, 6.07) is 12.9. The lowest BCUT2D eigenvalue weighted by atomic mass is 10.1. The second-order valence-electron chi connectivity index (χ2n) is 5.04. The van der Waals surface area contributed by atoms with Crippen molar-refractivity contribution in [3.8, 4) is 5.75 Å². The Labute approximate surface area is 111 Å². The first-order chi connectivity index (χ1) is 9.22. The first-order valence-electron chi connectivity index (χ1n) is 6.53. The number of aromatic hydroxyl groups is 1. The number of hydrogen-bond donors (Lipinski definition) is 2. The van der Waals surface area contributed by atoms with Gasteiger partial charge in [-0.1, -0.05) is 24.3 Å². The molecule has 0 bridgehead atoms. The first kappa shape index (κ1) is 12.0. The summed E-state index contributed by atoms with van der Waals surface area (Å²) in [5, 5.41) is 12.3. The molecule has 2 N–H and O–H groups in total. The van der Waals surface area contributed by atoms with Crippen molar-refractivity contribution in [1.82, 2.24) is 0 Å². The average Bonchev–Trinajstić information content (AvgIpc) is 3.25. The average molecular weight is 257 g/mol. The summed E-state index contributed by atoms with van der Waals surface area (Å²) in [5.41, 5.74) is 3.25. The molecule has 0 amide bonds. The predicted molar refractivity (Wildman–Crippen MR) is 73.8 cm³/mol. The Morgan fingerprint density at radius 3 is 2.47 bits per heavy atom. The van der Waals surface area contributed by atoms with Crippen LogP contribution in [0.3, 0.4) is 0 Å². The number of benzene rings is 2. The molecule has 0 atom stereocenters. The van der Waals surface area contributed by atoms with Crippen LogP contribution in [0.15, 0.2) is 42.5 Å². The minimum atomic E-state index is -0.603. The Kier molecular flexibility index (Phi) is 3.11. The van der Waals surface area contributed by atoms with Gasteiger partial charge >= 0.3 is 0 Å².